The van der Waals surface area contributed by atoms with E-state index in [1.54, 1.807) is 0 Å². The molecule has 186 valence electrons. The largest absolute Gasteiger partial charge is 0.394 e. The topological polar surface area (TPSA) is 151 Å². The molecule has 3 amide bonds. The van der Waals surface area contributed by atoms with Crippen LogP contribution in [0.5, 0.6) is 0 Å². The maximum absolute atomic E-state index is 12.8. The zero-order chi connectivity index (χ0) is 25.5. The van der Waals surface area contributed by atoms with Gasteiger partial charge in [-0.2, -0.15) is 0 Å². The highest BCUT2D eigenvalue weighted by Crippen LogP contribution is 2.42. The summed E-state index contributed by atoms with van der Waals surface area (Å²) in [6, 6.07) is 0. The predicted octanol–water partition coefficient (Wildman–Crippen LogP) is 1.05. The molecular formula is C20H28I3N3O7. The lowest BCUT2D eigenvalue weighted by molar-refractivity contribution is -0.117. The van der Waals surface area contributed by atoms with E-state index in [1.807, 2.05) is 67.8 Å². The van der Waals surface area contributed by atoms with Gasteiger partial charge in [-0.25, -0.2) is 0 Å². The van der Waals surface area contributed by atoms with Crippen molar-refractivity contribution >= 4 is 96.9 Å². The number of hydrogen-bond donors (Lipinski definition) is 5. The Balaban J connectivity index is 3.83. The van der Waals surface area contributed by atoms with Gasteiger partial charge in [0.15, 0.2) is 0 Å². The number of rotatable bonds is 11. The van der Waals surface area contributed by atoms with Crippen LogP contribution >= 0.6 is 67.8 Å². The summed E-state index contributed by atoms with van der Waals surface area (Å²) in [6.07, 6.45) is -1.81. The van der Waals surface area contributed by atoms with Crippen molar-refractivity contribution in [3.8, 4) is 0 Å². The van der Waals surface area contributed by atoms with Gasteiger partial charge in [-0.3, -0.25) is 14.4 Å². The molecule has 1 rings (SSSR count). The van der Waals surface area contributed by atoms with Gasteiger partial charge < -0.3 is 35.5 Å². The van der Waals surface area contributed by atoms with Gasteiger partial charge in [0.2, 0.25) is 11.8 Å². The van der Waals surface area contributed by atoms with Gasteiger partial charge in [0.1, 0.15) is 0 Å². The number of hydrogen-bond acceptors (Lipinski definition) is 7. The highest BCUT2D eigenvalue weighted by Gasteiger charge is 2.32. The van der Waals surface area contributed by atoms with E-state index < -0.39 is 31.3 Å². The number of anilines is 2. The molecule has 2 atom stereocenters. The van der Waals surface area contributed by atoms with Gasteiger partial charge in [0, 0.05) is 34.0 Å². The summed E-state index contributed by atoms with van der Waals surface area (Å²) < 4.78 is 1.53. The van der Waals surface area contributed by atoms with Gasteiger partial charge in [0.25, 0.3) is 5.91 Å². The molecule has 0 aliphatic rings. The molecule has 0 saturated heterocycles. The molecule has 2 unspecified atom stereocenters. The number of halogens is 3. The Hall–Kier alpha value is -0.340. The fraction of sp³-hybridized carbons (Fsp3) is 0.550. The van der Waals surface area contributed by atoms with Crippen molar-refractivity contribution in [1.82, 2.24) is 5.32 Å². The molecule has 0 heterocycles. The Labute approximate surface area is 233 Å². The quantitative estimate of drug-likeness (QED) is 0.210. The average molecular weight is 803 g/mol. The molecule has 0 spiro atoms. The van der Waals surface area contributed by atoms with Crippen molar-refractivity contribution in [3.05, 3.63) is 16.3 Å². The minimum absolute atomic E-state index is 0.0829. The van der Waals surface area contributed by atoms with Crippen LogP contribution in [0.1, 0.15) is 37.0 Å². The van der Waals surface area contributed by atoms with E-state index in [-0.39, 0.29) is 43.3 Å². The lowest BCUT2D eigenvalue weighted by Crippen LogP contribution is -2.37. The molecule has 10 nitrogen and oxygen atoms in total. The van der Waals surface area contributed by atoms with E-state index in [4.69, 9.17) is 10.2 Å². The standard InChI is InChI=1S/C20H28I3N3O7/c1-10(29)25(6-4-12(31)8-27)18-15(21)14(20(33)24-3)16(22)19(17(18)23)26(11(2)30)7-5-13(32)9-28/h12-13,27-28,31-32H,4-9H2,1-3H3,(H,24,33). The SMILES string of the molecule is CNC(=O)c1c(I)c(N(CCC(O)CO)C(C)=O)c(I)c(N(CCC(O)CO)C(C)=O)c1I. The highest BCUT2D eigenvalue weighted by molar-refractivity contribution is 14.1. The van der Waals surface area contributed by atoms with Crippen LogP contribution in [0.15, 0.2) is 0 Å². The number of aliphatic hydroxyl groups excluding tert-OH is 4. The molecule has 0 saturated carbocycles. The molecule has 0 aliphatic carbocycles. The fourth-order valence-electron chi connectivity index (χ4n) is 3.03. The number of amides is 3. The third kappa shape index (κ3) is 7.83. The first-order valence-corrected chi connectivity index (χ1v) is 13.2. The number of carbonyl (C=O) groups is 3. The first-order chi connectivity index (χ1) is 15.4. The van der Waals surface area contributed by atoms with Crippen LogP contribution < -0.4 is 15.1 Å². The first kappa shape index (κ1) is 30.7. The second-order valence-corrected chi connectivity index (χ2v) is 10.4. The van der Waals surface area contributed by atoms with Gasteiger partial charge in [-0.05, 0) is 80.6 Å². The third-order valence-electron chi connectivity index (χ3n) is 4.82. The number of benzene rings is 1. The van der Waals surface area contributed by atoms with Crippen LogP contribution in [-0.4, -0.2) is 83.7 Å². The minimum Gasteiger partial charge on any atom is -0.394 e. The van der Waals surface area contributed by atoms with E-state index in [1.165, 1.54) is 30.7 Å². The summed E-state index contributed by atoms with van der Waals surface area (Å²) in [4.78, 5) is 40.8. The Morgan fingerprint density at radius 2 is 1.18 bits per heavy atom. The molecule has 5 N–H and O–H groups in total. The molecule has 0 radical (unpaired) electrons. The average Bonchev–Trinajstić information content (AvgIpc) is 2.76. The molecule has 1 aromatic rings. The summed E-state index contributed by atoms with van der Waals surface area (Å²) in [5.74, 6) is -1.08. The van der Waals surface area contributed by atoms with Crippen LogP contribution in [0.25, 0.3) is 0 Å². The van der Waals surface area contributed by atoms with Crippen LogP contribution in [0.4, 0.5) is 11.4 Å². The molecule has 1 aromatic carbocycles. The molecule has 0 fully saturated rings. The monoisotopic (exact) mass is 803 g/mol. The molecular weight excluding hydrogens is 775 g/mol. The molecule has 33 heavy (non-hydrogen) atoms. The molecule has 0 aromatic heterocycles. The normalized spacial score (nSPS) is 12.8. The van der Waals surface area contributed by atoms with Crippen molar-refractivity contribution in [2.24, 2.45) is 0 Å². The number of nitrogens with one attached hydrogen (secondary N) is 1. The van der Waals surface area contributed by atoms with Crippen molar-refractivity contribution in [2.45, 2.75) is 38.9 Å². The van der Waals surface area contributed by atoms with E-state index in [0.717, 1.165) is 0 Å². The summed E-state index contributed by atoms with van der Waals surface area (Å²) >= 11 is 6.00. The van der Waals surface area contributed by atoms with E-state index in [2.05, 4.69) is 5.32 Å². The van der Waals surface area contributed by atoms with Gasteiger partial charge in [-0.1, -0.05) is 0 Å². The van der Waals surface area contributed by atoms with E-state index >= 15 is 0 Å². The second kappa shape index (κ2) is 14.3. The van der Waals surface area contributed by atoms with Crippen LogP contribution in [-0.2, 0) is 9.59 Å². The van der Waals surface area contributed by atoms with Gasteiger partial charge in [0.05, 0.1) is 53.1 Å². The molecule has 0 bridgehead atoms. The summed E-state index contributed by atoms with van der Waals surface area (Å²) in [7, 11) is 1.48. The summed E-state index contributed by atoms with van der Waals surface area (Å²) in [5.41, 5.74) is 1.11. The lowest BCUT2D eigenvalue weighted by Gasteiger charge is -2.31. The maximum Gasteiger partial charge on any atom is 0.253 e. The Bertz CT molecular complexity index is 826. The zero-order valence-electron chi connectivity index (χ0n) is 18.4. The van der Waals surface area contributed by atoms with Crippen molar-refractivity contribution in [2.75, 3.05) is 43.2 Å². The fourth-order valence-corrected chi connectivity index (χ4v) is 7.85. The number of aliphatic hydroxyl groups is 4. The predicted molar refractivity (Wildman–Crippen MR) is 149 cm³/mol. The Morgan fingerprint density at radius 1 is 0.818 bits per heavy atom. The van der Waals surface area contributed by atoms with Crippen molar-refractivity contribution in [1.29, 1.82) is 0 Å². The maximum atomic E-state index is 12.8. The van der Waals surface area contributed by atoms with Crippen molar-refractivity contribution in [3.63, 3.8) is 0 Å². The third-order valence-corrected chi connectivity index (χ3v) is 7.94. The van der Waals surface area contributed by atoms with Gasteiger partial charge >= 0.3 is 0 Å². The molecule has 13 heteroatoms. The first-order valence-electron chi connectivity index (χ1n) is 9.99. The summed E-state index contributed by atoms with van der Waals surface area (Å²) in [6.45, 7) is 1.97. The van der Waals surface area contributed by atoms with Crippen LogP contribution in [0.2, 0.25) is 0 Å². The number of nitrogens with zero attached hydrogens (tertiary/aromatic N) is 2. The Kier molecular flexibility index (Phi) is 13.3. The molecule has 0 aliphatic heterocycles. The van der Waals surface area contributed by atoms with Crippen LogP contribution in [0.3, 0.4) is 0 Å². The zero-order valence-corrected chi connectivity index (χ0v) is 24.9. The second-order valence-electron chi connectivity index (χ2n) is 7.18. The smallest absolute Gasteiger partial charge is 0.253 e. The minimum atomic E-state index is -1.02. The number of carbonyl (C=O) groups excluding carboxylic acids is 3. The van der Waals surface area contributed by atoms with Crippen LogP contribution in [0, 0.1) is 10.7 Å². The lowest BCUT2D eigenvalue weighted by atomic mass is 10.1. The summed E-state index contributed by atoms with van der Waals surface area (Å²) in [5, 5.41) is 40.5. The van der Waals surface area contributed by atoms with E-state index in [9.17, 15) is 24.6 Å². The van der Waals surface area contributed by atoms with Gasteiger partial charge in [-0.15, -0.1) is 0 Å². The van der Waals surface area contributed by atoms with Crippen molar-refractivity contribution < 1.29 is 34.8 Å². The Morgan fingerprint density at radius 3 is 1.45 bits per heavy atom. The van der Waals surface area contributed by atoms with E-state index in [0.29, 0.717) is 22.1 Å². The highest BCUT2D eigenvalue weighted by atomic mass is 127.